The number of halogens is 2. The molecule has 2 aromatic carbocycles. The number of hydrogen-bond donors (Lipinski definition) is 1. The molecule has 0 heterocycles. The molecule has 110 valence electrons. The molecule has 0 aromatic heterocycles. The standard InChI is InChI=1S/C16H16BrClN2O/c1-19-15-7-6-13(18)9-14(15)16(21)20(2)10-11-4-3-5-12(17)8-11/h3-9,19H,10H2,1-2H3. The van der Waals surface area contributed by atoms with Crippen molar-refractivity contribution in [3.63, 3.8) is 0 Å². The number of benzene rings is 2. The predicted molar refractivity (Wildman–Crippen MR) is 90.9 cm³/mol. The SMILES string of the molecule is CNc1ccc(Cl)cc1C(=O)N(C)Cc1cccc(Br)c1. The summed E-state index contributed by atoms with van der Waals surface area (Å²) in [5, 5.41) is 3.57. The summed E-state index contributed by atoms with van der Waals surface area (Å²) >= 11 is 9.43. The number of amides is 1. The number of nitrogens with one attached hydrogen (secondary N) is 1. The maximum Gasteiger partial charge on any atom is 0.256 e. The van der Waals surface area contributed by atoms with Gasteiger partial charge in [0.1, 0.15) is 0 Å². The Morgan fingerprint density at radius 2 is 2.05 bits per heavy atom. The van der Waals surface area contributed by atoms with Gasteiger partial charge in [-0.2, -0.15) is 0 Å². The Labute approximate surface area is 138 Å². The van der Waals surface area contributed by atoms with Crippen LogP contribution in [0.2, 0.25) is 5.02 Å². The van der Waals surface area contributed by atoms with Crippen LogP contribution in [0.5, 0.6) is 0 Å². The van der Waals surface area contributed by atoms with Crippen molar-refractivity contribution in [1.82, 2.24) is 4.90 Å². The zero-order chi connectivity index (χ0) is 15.4. The predicted octanol–water partition coefficient (Wildman–Crippen LogP) is 4.42. The van der Waals surface area contributed by atoms with Gasteiger partial charge in [0.25, 0.3) is 5.91 Å². The third-order valence-corrected chi connectivity index (χ3v) is 3.87. The summed E-state index contributed by atoms with van der Waals surface area (Å²) in [6.07, 6.45) is 0. The van der Waals surface area contributed by atoms with Crippen LogP contribution >= 0.6 is 27.5 Å². The second kappa shape index (κ2) is 6.96. The third-order valence-electron chi connectivity index (χ3n) is 3.14. The molecular formula is C16H16BrClN2O. The molecule has 0 saturated carbocycles. The van der Waals surface area contributed by atoms with E-state index < -0.39 is 0 Å². The minimum Gasteiger partial charge on any atom is -0.387 e. The van der Waals surface area contributed by atoms with Crippen molar-refractivity contribution in [2.75, 3.05) is 19.4 Å². The van der Waals surface area contributed by atoms with E-state index in [0.717, 1.165) is 15.7 Å². The number of rotatable bonds is 4. The van der Waals surface area contributed by atoms with E-state index in [9.17, 15) is 4.79 Å². The lowest BCUT2D eigenvalue weighted by Crippen LogP contribution is -2.26. The largest absolute Gasteiger partial charge is 0.387 e. The Balaban J connectivity index is 2.21. The van der Waals surface area contributed by atoms with Gasteiger partial charge in [0.15, 0.2) is 0 Å². The lowest BCUT2D eigenvalue weighted by molar-refractivity contribution is 0.0786. The number of hydrogen-bond acceptors (Lipinski definition) is 2. The van der Waals surface area contributed by atoms with Gasteiger partial charge in [-0.1, -0.05) is 39.7 Å². The lowest BCUT2D eigenvalue weighted by Gasteiger charge is -2.19. The normalized spacial score (nSPS) is 10.3. The highest BCUT2D eigenvalue weighted by Gasteiger charge is 2.16. The molecule has 0 bridgehead atoms. The minimum atomic E-state index is -0.0678. The van der Waals surface area contributed by atoms with Crippen molar-refractivity contribution in [2.45, 2.75) is 6.54 Å². The molecule has 0 atom stereocenters. The van der Waals surface area contributed by atoms with Gasteiger partial charge in [-0.15, -0.1) is 0 Å². The number of anilines is 1. The number of carbonyl (C=O) groups is 1. The van der Waals surface area contributed by atoms with E-state index in [-0.39, 0.29) is 5.91 Å². The molecule has 0 radical (unpaired) electrons. The van der Waals surface area contributed by atoms with Crippen LogP contribution in [0.1, 0.15) is 15.9 Å². The molecule has 0 spiro atoms. The average molecular weight is 368 g/mol. The molecule has 5 heteroatoms. The highest BCUT2D eigenvalue weighted by molar-refractivity contribution is 9.10. The fourth-order valence-electron chi connectivity index (χ4n) is 2.10. The molecule has 2 rings (SSSR count). The summed E-state index contributed by atoms with van der Waals surface area (Å²) < 4.78 is 1.000. The molecule has 21 heavy (non-hydrogen) atoms. The Kier molecular flexibility index (Phi) is 5.26. The first-order valence-corrected chi connectivity index (χ1v) is 7.65. The molecule has 0 fully saturated rings. The van der Waals surface area contributed by atoms with Crippen molar-refractivity contribution < 1.29 is 4.79 Å². The van der Waals surface area contributed by atoms with Crippen LogP contribution in [0.25, 0.3) is 0 Å². The van der Waals surface area contributed by atoms with E-state index in [2.05, 4.69) is 21.2 Å². The van der Waals surface area contributed by atoms with Crippen molar-refractivity contribution in [2.24, 2.45) is 0 Å². The Hall–Kier alpha value is -1.52. The lowest BCUT2D eigenvalue weighted by atomic mass is 10.1. The van der Waals surface area contributed by atoms with Crippen LogP contribution < -0.4 is 5.32 Å². The molecule has 1 amide bonds. The molecular weight excluding hydrogens is 352 g/mol. The van der Waals surface area contributed by atoms with Gasteiger partial charge in [0.05, 0.1) is 5.56 Å². The Morgan fingerprint density at radius 3 is 2.71 bits per heavy atom. The maximum absolute atomic E-state index is 12.6. The summed E-state index contributed by atoms with van der Waals surface area (Å²) in [6.45, 7) is 0.536. The van der Waals surface area contributed by atoms with Gasteiger partial charge in [-0.05, 0) is 35.9 Å². The van der Waals surface area contributed by atoms with Crippen molar-refractivity contribution >= 4 is 39.1 Å². The van der Waals surface area contributed by atoms with E-state index in [1.54, 1.807) is 31.1 Å². The summed E-state index contributed by atoms with van der Waals surface area (Å²) in [5.74, 6) is -0.0678. The van der Waals surface area contributed by atoms with Crippen molar-refractivity contribution in [3.05, 3.63) is 63.1 Å². The van der Waals surface area contributed by atoms with Gasteiger partial charge >= 0.3 is 0 Å². The average Bonchev–Trinajstić information content (AvgIpc) is 2.46. The second-order valence-electron chi connectivity index (χ2n) is 4.73. The van der Waals surface area contributed by atoms with Crippen LogP contribution in [-0.2, 0) is 6.54 Å². The maximum atomic E-state index is 12.6. The zero-order valence-corrected chi connectivity index (χ0v) is 14.2. The summed E-state index contributed by atoms with van der Waals surface area (Å²) in [7, 11) is 3.57. The summed E-state index contributed by atoms with van der Waals surface area (Å²) in [6, 6.07) is 13.2. The quantitative estimate of drug-likeness (QED) is 0.868. The van der Waals surface area contributed by atoms with E-state index in [1.165, 1.54) is 0 Å². The first kappa shape index (κ1) is 15.9. The van der Waals surface area contributed by atoms with Crippen molar-refractivity contribution in [3.8, 4) is 0 Å². The van der Waals surface area contributed by atoms with Crippen LogP contribution in [-0.4, -0.2) is 24.9 Å². The van der Waals surface area contributed by atoms with Gasteiger partial charge in [0, 0.05) is 35.8 Å². The molecule has 0 aliphatic heterocycles. The van der Waals surface area contributed by atoms with Gasteiger partial charge in [-0.25, -0.2) is 0 Å². The highest BCUT2D eigenvalue weighted by Crippen LogP contribution is 2.22. The first-order valence-electron chi connectivity index (χ1n) is 6.48. The fraction of sp³-hybridized carbons (Fsp3) is 0.188. The number of carbonyl (C=O) groups excluding carboxylic acids is 1. The van der Waals surface area contributed by atoms with Crippen LogP contribution in [0.3, 0.4) is 0 Å². The third kappa shape index (κ3) is 3.99. The zero-order valence-electron chi connectivity index (χ0n) is 11.9. The van der Waals surface area contributed by atoms with Gasteiger partial charge in [-0.3, -0.25) is 4.79 Å². The molecule has 0 saturated heterocycles. The number of nitrogens with zero attached hydrogens (tertiary/aromatic N) is 1. The molecule has 3 nitrogen and oxygen atoms in total. The van der Waals surface area contributed by atoms with Crippen molar-refractivity contribution in [1.29, 1.82) is 0 Å². The van der Waals surface area contributed by atoms with E-state index in [1.807, 2.05) is 30.3 Å². The van der Waals surface area contributed by atoms with Gasteiger partial charge < -0.3 is 10.2 Å². The van der Waals surface area contributed by atoms with Crippen LogP contribution in [0.4, 0.5) is 5.69 Å². The molecule has 0 unspecified atom stereocenters. The fourth-order valence-corrected chi connectivity index (χ4v) is 2.72. The molecule has 0 aliphatic rings. The van der Waals surface area contributed by atoms with E-state index >= 15 is 0 Å². The highest BCUT2D eigenvalue weighted by atomic mass is 79.9. The van der Waals surface area contributed by atoms with Gasteiger partial charge in [0.2, 0.25) is 0 Å². The van der Waals surface area contributed by atoms with E-state index in [4.69, 9.17) is 11.6 Å². The minimum absolute atomic E-state index is 0.0678. The molecule has 0 aliphatic carbocycles. The first-order chi connectivity index (χ1) is 10.0. The Morgan fingerprint density at radius 1 is 1.29 bits per heavy atom. The summed E-state index contributed by atoms with van der Waals surface area (Å²) in [5.41, 5.74) is 2.40. The van der Waals surface area contributed by atoms with Crippen LogP contribution in [0.15, 0.2) is 46.9 Å². The topological polar surface area (TPSA) is 32.3 Å². The summed E-state index contributed by atoms with van der Waals surface area (Å²) in [4.78, 5) is 14.3. The second-order valence-corrected chi connectivity index (χ2v) is 6.08. The van der Waals surface area contributed by atoms with E-state index in [0.29, 0.717) is 17.1 Å². The van der Waals surface area contributed by atoms with Crippen LogP contribution in [0, 0.1) is 0 Å². The Bertz CT molecular complexity index is 660. The molecule has 2 aromatic rings. The monoisotopic (exact) mass is 366 g/mol. The smallest absolute Gasteiger partial charge is 0.256 e. The molecule has 1 N–H and O–H groups in total.